The van der Waals surface area contributed by atoms with Crippen LogP contribution in [-0.4, -0.2) is 19.5 Å². The molecule has 8 aromatic rings. The summed E-state index contributed by atoms with van der Waals surface area (Å²) >= 11 is 0. The number of hydrogen-bond acceptors (Lipinski definition) is 4. The molecule has 55 heavy (non-hydrogen) atoms. The fraction of sp³-hybridized carbons (Fsp3) is 0.271. The first-order chi connectivity index (χ1) is 26.9. The number of pyridine rings is 2. The van der Waals surface area contributed by atoms with Crippen molar-refractivity contribution in [2.75, 3.05) is 0 Å². The van der Waals surface area contributed by atoms with Crippen molar-refractivity contribution in [3.63, 3.8) is 0 Å². The van der Waals surface area contributed by atoms with Crippen LogP contribution < -0.4 is 0 Å². The van der Waals surface area contributed by atoms with Gasteiger partial charge in [-0.15, -0.1) is 42.0 Å². The second kappa shape index (κ2) is 15.6. The molecule has 0 amide bonds. The Morgan fingerprint density at radius 1 is 0.836 bits per heavy atom. The quantitative estimate of drug-likeness (QED) is 0.161. The van der Waals surface area contributed by atoms with Gasteiger partial charge in [0.25, 0.3) is 0 Å². The Hall–Kier alpha value is -4.97. The van der Waals surface area contributed by atoms with Crippen LogP contribution in [0.5, 0.6) is 0 Å². The van der Waals surface area contributed by atoms with Gasteiger partial charge in [0.1, 0.15) is 5.58 Å². The number of benzene rings is 4. The number of aromatic nitrogens is 4. The molecule has 4 aromatic carbocycles. The van der Waals surface area contributed by atoms with Gasteiger partial charge in [0, 0.05) is 53.0 Å². The summed E-state index contributed by atoms with van der Waals surface area (Å²) in [7, 11) is 0. The molecule has 4 aromatic heterocycles. The molecular formula is C48H47FIrN4O-2. The third kappa shape index (κ3) is 7.65. The van der Waals surface area contributed by atoms with Gasteiger partial charge in [0.05, 0.1) is 28.1 Å². The summed E-state index contributed by atoms with van der Waals surface area (Å²) in [6.45, 7) is 17.0. The van der Waals surface area contributed by atoms with E-state index in [4.69, 9.17) is 18.5 Å². The summed E-state index contributed by atoms with van der Waals surface area (Å²) in [4.78, 5) is 14.3. The van der Waals surface area contributed by atoms with E-state index in [2.05, 4.69) is 120 Å². The Bertz CT molecular complexity index is 2730. The van der Waals surface area contributed by atoms with Crippen LogP contribution in [0.1, 0.15) is 98.1 Å². The van der Waals surface area contributed by atoms with Crippen LogP contribution >= 0.6 is 0 Å². The van der Waals surface area contributed by atoms with Crippen molar-refractivity contribution >= 4 is 33.0 Å². The van der Waals surface area contributed by atoms with Crippen molar-refractivity contribution in [2.24, 2.45) is 0 Å². The molecule has 1 radical (unpaired) electrons. The van der Waals surface area contributed by atoms with Crippen LogP contribution in [-0.2, 0) is 25.5 Å². The van der Waals surface area contributed by atoms with Crippen LogP contribution in [0.25, 0.3) is 61.3 Å². The van der Waals surface area contributed by atoms with Gasteiger partial charge in [-0.25, -0.2) is 0 Å². The molecule has 0 bridgehead atoms. The maximum Gasteiger partial charge on any atom is 0.120 e. The minimum atomic E-state index is -2.33. The SMILES string of the molecule is Cc1cc2nc(-c3[c-]ccc4c3oc3ccccc34)n(-c3c(C(C)C)cccc3C(C)C)c2c(C)n1.[2H]C([2H])([2H])c1c[c-]c(-c2ccc(C(C)(C)C)cn2)c(F)c1.[Ir]. The Labute approximate surface area is 341 Å². The monoisotopic (exact) mass is 910 g/mol. The van der Waals surface area contributed by atoms with E-state index >= 15 is 0 Å². The summed E-state index contributed by atoms with van der Waals surface area (Å²) in [5.41, 5.74) is 11.8. The standard InChI is InChI=1S/C32H30N3O.C16H17FN.Ir/c1-18(2)22-12-9-13-23(19(3)4)30(22)35-29-21(6)33-20(5)17-27(29)34-32(35)26-15-10-14-25-24-11-7-8-16-28(24)36-31(25)26;1-11-5-7-13(14(17)9-11)15-8-6-12(10-18-15)16(2,3)4;/h7-14,16-19H,1-6H3;5-6,8-10H,1-4H3;/q2*-1;/i;1D3;. The summed E-state index contributed by atoms with van der Waals surface area (Å²) in [5.74, 6) is 0.891. The minimum Gasteiger partial charge on any atom is -0.501 e. The molecule has 0 spiro atoms. The first-order valence-electron chi connectivity index (χ1n) is 19.9. The number of imidazole rings is 1. The zero-order valence-corrected chi connectivity index (χ0v) is 35.1. The summed E-state index contributed by atoms with van der Waals surface area (Å²) in [5, 5.41) is 2.18. The van der Waals surface area contributed by atoms with Crippen molar-refractivity contribution < 1.29 is 33.0 Å². The third-order valence-electron chi connectivity index (χ3n) is 9.84. The van der Waals surface area contributed by atoms with Gasteiger partial charge in [-0.2, -0.15) is 0 Å². The van der Waals surface area contributed by atoms with Gasteiger partial charge >= 0.3 is 0 Å². The molecule has 4 heterocycles. The molecule has 0 atom stereocenters. The molecule has 7 heteroatoms. The maximum atomic E-state index is 14.1. The predicted octanol–water partition coefficient (Wildman–Crippen LogP) is 12.9. The number of hydrogen-bond donors (Lipinski definition) is 0. The first-order valence-corrected chi connectivity index (χ1v) is 18.4. The molecule has 5 nitrogen and oxygen atoms in total. The van der Waals surface area contributed by atoms with Crippen molar-refractivity contribution in [1.82, 2.24) is 19.5 Å². The molecular weight excluding hydrogens is 860 g/mol. The van der Waals surface area contributed by atoms with Crippen LogP contribution in [0.3, 0.4) is 0 Å². The van der Waals surface area contributed by atoms with Crippen molar-refractivity contribution in [3.8, 4) is 28.3 Å². The molecule has 0 fully saturated rings. The second-order valence-corrected chi connectivity index (χ2v) is 15.6. The maximum absolute atomic E-state index is 14.1. The van der Waals surface area contributed by atoms with E-state index in [-0.39, 0.29) is 36.6 Å². The second-order valence-electron chi connectivity index (χ2n) is 15.6. The smallest absolute Gasteiger partial charge is 0.120 e. The van der Waals surface area contributed by atoms with E-state index < -0.39 is 12.7 Å². The number of nitrogens with zero attached hydrogens (tertiary/aromatic N) is 4. The van der Waals surface area contributed by atoms with Crippen LogP contribution in [0.2, 0.25) is 0 Å². The van der Waals surface area contributed by atoms with E-state index in [1.807, 2.05) is 31.2 Å². The third-order valence-corrected chi connectivity index (χ3v) is 9.84. The molecule has 0 aliphatic rings. The number of furan rings is 1. The average molecular weight is 910 g/mol. The summed E-state index contributed by atoms with van der Waals surface area (Å²) < 4.78 is 44.7. The van der Waals surface area contributed by atoms with Crippen LogP contribution in [0.15, 0.2) is 95.5 Å². The Morgan fingerprint density at radius 3 is 2.20 bits per heavy atom. The van der Waals surface area contributed by atoms with Crippen LogP contribution in [0, 0.1) is 38.6 Å². The number of para-hydroxylation sites is 2. The number of aryl methyl sites for hydroxylation is 3. The number of rotatable bonds is 5. The zero-order valence-electron chi connectivity index (χ0n) is 35.7. The van der Waals surface area contributed by atoms with Gasteiger partial charge in [-0.1, -0.05) is 120 Å². The van der Waals surface area contributed by atoms with E-state index in [9.17, 15) is 4.39 Å². The van der Waals surface area contributed by atoms with Gasteiger partial charge in [0.2, 0.25) is 0 Å². The fourth-order valence-corrected chi connectivity index (χ4v) is 7.10. The predicted molar refractivity (Wildman–Crippen MR) is 220 cm³/mol. The summed E-state index contributed by atoms with van der Waals surface area (Å²) in [6, 6.07) is 33.1. The zero-order chi connectivity index (χ0) is 41.0. The average Bonchev–Trinajstić information content (AvgIpc) is 3.73. The molecule has 283 valence electrons. The van der Waals surface area contributed by atoms with Gasteiger partial charge < -0.3 is 14.0 Å². The molecule has 0 unspecified atom stereocenters. The Morgan fingerprint density at radius 2 is 1.56 bits per heavy atom. The molecule has 0 N–H and O–H groups in total. The van der Waals surface area contributed by atoms with Gasteiger partial charge in [-0.05, 0) is 65.6 Å². The van der Waals surface area contributed by atoms with E-state index in [0.29, 0.717) is 17.5 Å². The first kappa shape index (κ1) is 35.7. The van der Waals surface area contributed by atoms with Crippen LogP contribution in [0.4, 0.5) is 4.39 Å². The van der Waals surface area contributed by atoms with Crippen molar-refractivity contribution in [2.45, 2.75) is 86.4 Å². The molecule has 0 saturated carbocycles. The van der Waals surface area contributed by atoms with Crippen molar-refractivity contribution in [1.29, 1.82) is 0 Å². The molecule has 0 aliphatic heterocycles. The summed E-state index contributed by atoms with van der Waals surface area (Å²) in [6.07, 6.45) is 1.71. The fourth-order valence-electron chi connectivity index (χ4n) is 7.10. The topological polar surface area (TPSA) is 56.7 Å². The van der Waals surface area contributed by atoms with E-state index in [1.54, 1.807) is 12.3 Å². The van der Waals surface area contributed by atoms with Gasteiger partial charge in [-0.3, -0.25) is 14.4 Å². The number of fused-ring (bicyclic) bond motifs is 4. The number of halogens is 1. The van der Waals surface area contributed by atoms with Gasteiger partial charge in [0.15, 0.2) is 0 Å². The minimum absolute atomic E-state index is 0. The normalized spacial score (nSPS) is 12.8. The molecule has 8 rings (SSSR count). The Balaban J connectivity index is 0.000000221. The molecule has 0 aliphatic carbocycles. The Kier molecular flexibility index (Phi) is 10.2. The largest absolute Gasteiger partial charge is 0.501 e. The van der Waals surface area contributed by atoms with Crippen molar-refractivity contribution in [3.05, 3.63) is 143 Å². The molecule has 0 saturated heterocycles. The van der Waals surface area contributed by atoms with E-state index in [1.165, 1.54) is 22.9 Å². The van der Waals surface area contributed by atoms with E-state index in [0.717, 1.165) is 67.4 Å².